The van der Waals surface area contributed by atoms with Crippen molar-refractivity contribution < 1.29 is 14.3 Å². The third-order valence-corrected chi connectivity index (χ3v) is 3.78. The number of benzene rings is 1. The van der Waals surface area contributed by atoms with Gasteiger partial charge < -0.3 is 15.4 Å². The second kappa shape index (κ2) is 5.89. The highest BCUT2D eigenvalue weighted by molar-refractivity contribution is 6.31. The molecule has 1 atom stereocenters. The first-order valence-corrected chi connectivity index (χ1v) is 7.34. The molecule has 6 nitrogen and oxygen atoms in total. The molecule has 1 unspecified atom stereocenters. The van der Waals surface area contributed by atoms with Crippen LogP contribution in [0, 0.1) is 0 Å². The van der Waals surface area contributed by atoms with E-state index in [4.69, 9.17) is 16.3 Å². The van der Waals surface area contributed by atoms with Crippen molar-refractivity contribution in [2.45, 2.75) is 19.1 Å². The van der Waals surface area contributed by atoms with Crippen LogP contribution in [0.1, 0.15) is 12.5 Å². The maximum atomic E-state index is 12.4. The molecule has 3 rings (SSSR count). The monoisotopic (exact) mass is 331 g/mol. The fourth-order valence-electron chi connectivity index (χ4n) is 2.20. The lowest BCUT2D eigenvalue weighted by Gasteiger charge is -2.33. The van der Waals surface area contributed by atoms with Gasteiger partial charge in [0.15, 0.2) is 0 Å². The Labute approximate surface area is 137 Å². The van der Waals surface area contributed by atoms with Crippen molar-refractivity contribution in [1.29, 1.82) is 0 Å². The molecule has 0 aliphatic carbocycles. The Balaban J connectivity index is 1.77. The summed E-state index contributed by atoms with van der Waals surface area (Å²) >= 11 is 5.88. The van der Waals surface area contributed by atoms with Gasteiger partial charge in [-0.05, 0) is 36.8 Å². The molecule has 0 saturated heterocycles. The summed E-state index contributed by atoms with van der Waals surface area (Å²) < 4.78 is 5.64. The number of hydrogen-bond acceptors (Lipinski definition) is 4. The van der Waals surface area contributed by atoms with Gasteiger partial charge in [0, 0.05) is 24.0 Å². The SMILES string of the molecule is CC1(C(=O)NCc2cccnc2)Oc2ccc(Cl)cc2NC1=O. The van der Waals surface area contributed by atoms with Gasteiger partial charge in [-0.15, -0.1) is 0 Å². The minimum Gasteiger partial charge on any atom is -0.466 e. The van der Waals surface area contributed by atoms with Gasteiger partial charge >= 0.3 is 0 Å². The molecule has 1 aliphatic rings. The molecule has 0 spiro atoms. The highest BCUT2D eigenvalue weighted by Crippen LogP contribution is 2.35. The number of nitrogens with one attached hydrogen (secondary N) is 2. The number of nitrogens with zero attached hydrogens (tertiary/aromatic N) is 1. The van der Waals surface area contributed by atoms with Gasteiger partial charge in [0.2, 0.25) is 0 Å². The van der Waals surface area contributed by atoms with Crippen LogP contribution in [0.2, 0.25) is 5.02 Å². The molecule has 2 heterocycles. The summed E-state index contributed by atoms with van der Waals surface area (Å²) in [6.07, 6.45) is 3.29. The summed E-state index contributed by atoms with van der Waals surface area (Å²) in [5.74, 6) is -0.677. The number of rotatable bonds is 3. The molecular weight excluding hydrogens is 318 g/mol. The molecule has 2 amide bonds. The minimum absolute atomic E-state index is 0.256. The Kier molecular flexibility index (Phi) is 3.92. The van der Waals surface area contributed by atoms with Crippen LogP contribution in [-0.4, -0.2) is 22.4 Å². The molecule has 118 valence electrons. The first-order chi connectivity index (χ1) is 11.0. The quantitative estimate of drug-likeness (QED) is 0.844. The maximum absolute atomic E-state index is 12.4. The van der Waals surface area contributed by atoms with Gasteiger partial charge in [0.05, 0.1) is 5.69 Å². The zero-order valence-electron chi connectivity index (χ0n) is 12.3. The van der Waals surface area contributed by atoms with Gasteiger partial charge in [0.25, 0.3) is 17.4 Å². The minimum atomic E-state index is -1.65. The second-order valence-electron chi connectivity index (χ2n) is 5.27. The largest absolute Gasteiger partial charge is 0.466 e. The Morgan fingerprint density at radius 1 is 1.43 bits per heavy atom. The number of anilines is 1. The number of pyridine rings is 1. The number of halogens is 1. The lowest BCUT2D eigenvalue weighted by Crippen LogP contribution is -2.58. The first-order valence-electron chi connectivity index (χ1n) is 6.96. The van der Waals surface area contributed by atoms with E-state index in [9.17, 15) is 9.59 Å². The van der Waals surface area contributed by atoms with Crippen molar-refractivity contribution in [3.05, 3.63) is 53.3 Å². The van der Waals surface area contributed by atoms with E-state index in [1.165, 1.54) is 6.92 Å². The highest BCUT2D eigenvalue weighted by atomic mass is 35.5. The first kappa shape index (κ1) is 15.3. The van der Waals surface area contributed by atoms with Gasteiger partial charge in [0.1, 0.15) is 5.75 Å². The molecule has 0 bridgehead atoms. The molecule has 1 aromatic carbocycles. The molecule has 23 heavy (non-hydrogen) atoms. The topological polar surface area (TPSA) is 80.3 Å². The molecule has 2 N–H and O–H groups in total. The van der Waals surface area contributed by atoms with Crippen LogP contribution in [0.3, 0.4) is 0 Å². The lowest BCUT2D eigenvalue weighted by molar-refractivity contribution is -0.146. The van der Waals surface area contributed by atoms with Crippen LogP contribution in [0.4, 0.5) is 5.69 Å². The van der Waals surface area contributed by atoms with Crippen molar-refractivity contribution in [2.24, 2.45) is 0 Å². The predicted molar refractivity (Wildman–Crippen MR) is 85.2 cm³/mol. The Hall–Kier alpha value is -2.60. The number of amides is 2. The number of ether oxygens (including phenoxy) is 1. The summed E-state index contributed by atoms with van der Waals surface area (Å²) in [6.45, 7) is 1.69. The summed E-state index contributed by atoms with van der Waals surface area (Å²) in [5, 5.41) is 5.81. The molecule has 0 fully saturated rings. The lowest BCUT2D eigenvalue weighted by atomic mass is 10.0. The van der Waals surface area contributed by atoms with Crippen LogP contribution in [0.15, 0.2) is 42.7 Å². The molecule has 1 aliphatic heterocycles. The molecular formula is C16H14ClN3O3. The summed E-state index contributed by atoms with van der Waals surface area (Å²) in [7, 11) is 0. The van der Waals surface area contributed by atoms with E-state index < -0.39 is 17.4 Å². The average molecular weight is 332 g/mol. The number of carbonyl (C=O) groups is 2. The van der Waals surface area contributed by atoms with Gasteiger partial charge in [-0.1, -0.05) is 17.7 Å². The maximum Gasteiger partial charge on any atom is 0.278 e. The van der Waals surface area contributed by atoms with Gasteiger partial charge in [-0.3, -0.25) is 14.6 Å². The van der Waals surface area contributed by atoms with Crippen LogP contribution < -0.4 is 15.4 Å². The van der Waals surface area contributed by atoms with Crippen molar-refractivity contribution >= 4 is 29.1 Å². The van der Waals surface area contributed by atoms with E-state index in [0.29, 0.717) is 16.5 Å². The fourth-order valence-corrected chi connectivity index (χ4v) is 2.37. The molecule has 0 saturated carbocycles. The van der Waals surface area contributed by atoms with Crippen LogP contribution in [0.5, 0.6) is 5.75 Å². The Bertz CT molecular complexity index is 766. The van der Waals surface area contributed by atoms with Crippen LogP contribution in [0.25, 0.3) is 0 Å². The smallest absolute Gasteiger partial charge is 0.278 e. The Morgan fingerprint density at radius 2 is 2.26 bits per heavy atom. The third-order valence-electron chi connectivity index (χ3n) is 3.55. The van der Waals surface area contributed by atoms with Gasteiger partial charge in [-0.25, -0.2) is 0 Å². The van der Waals surface area contributed by atoms with E-state index in [1.54, 1.807) is 36.7 Å². The second-order valence-corrected chi connectivity index (χ2v) is 5.71. The Morgan fingerprint density at radius 3 is 3.00 bits per heavy atom. The predicted octanol–water partition coefficient (Wildman–Crippen LogP) is 2.14. The summed E-state index contributed by atoms with van der Waals surface area (Å²) in [6, 6.07) is 8.42. The molecule has 1 aromatic heterocycles. The average Bonchev–Trinajstić information content (AvgIpc) is 2.55. The number of carbonyl (C=O) groups excluding carboxylic acids is 2. The zero-order chi connectivity index (χ0) is 16.4. The standard InChI is InChI=1S/C16H14ClN3O3/c1-16(14(21)19-9-10-3-2-6-18-8-10)15(22)20-12-7-11(17)4-5-13(12)23-16/h2-8H,9H2,1H3,(H,19,21)(H,20,22). The van der Waals surface area contributed by atoms with E-state index in [1.807, 2.05) is 6.07 Å². The van der Waals surface area contributed by atoms with E-state index >= 15 is 0 Å². The normalized spacial score (nSPS) is 19.3. The van der Waals surface area contributed by atoms with E-state index in [-0.39, 0.29) is 6.54 Å². The van der Waals surface area contributed by atoms with Crippen LogP contribution >= 0.6 is 11.6 Å². The fraction of sp³-hybridized carbons (Fsp3) is 0.188. The van der Waals surface area contributed by atoms with Crippen molar-refractivity contribution in [3.63, 3.8) is 0 Å². The number of hydrogen-bond donors (Lipinski definition) is 2. The van der Waals surface area contributed by atoms with Crippen LogP contribution in [-0.2, 0) is 16.1 Å². The molecule has 2 aromatic rings. The highest BCUT2D eigenvalue weighted by Gasteiger charge is 2.47. The van der Waals surface area contributed by atoms with Gasteiger partial charge in [-0.2, -0.15) is 0 Å². The van der Waals surface area contributed by atoms with Crippen molar-refractivity contribution in [2.75, 3.05) is 5.32 Å². The summed E-state index contributed by atoms with van der Waals surface area (Å²) in [5.41, 5.74) is -0.379. The van der Waals surface area contributed by atoms with E-state index in [2.05, 4.69) is 15.6 Å². The zero-order valence-corrected chi connectivity index (χ0v) is 13.1. The summed E-state index contributed by atoms with van der Waals surface area (Å²) in [4.78, 5) is 28.7. The molecule has 0 radical (unpaired) electrons. The van der Waals surface area contributed by atoms with Crippen molar-refractivity contribution in [3.8, 4) is 5.75 Å². The molecule has 7 heteroatoms. The van der Waals surface area contributed by atoms with E-state index in [0.717, 1.165) is 5.56 Å². The third kappa shape index (κ3) is 2.98. The number of fused-ring (bicyclic) bond motifs is 1. The van der Waals surface area contributed by atoms with Crippen molar-refractivity contribution in [1.82, 2.24) is 10.3 Å². The number of aromatic nitrogens is 1.